The van der Waals surface area contributed by atoms with Crippen molar-refractivity contribution in [3.05, 3.63) is 59.7 Å². The Hall–Kier alpha value is -3.01. The molecular formula is C18H10F10N2O3S. The Morgan fingerprint density at radius 3 is 1.91 bits per heavy atom. The molecule has 2 N–H and O–H groups in total. The van der Waals surface area contributed by atoms with Gasteiger partial charge in [-0.2, -0.15) is 30.7 Å². The van der Waals surface area contributed by atoms with Crippen LogP contribution < -0.4 is 10.6 Å². The average molecular weight is 524 g/mol. The molecule has 0 fully saturated rings. The second-order valence-electron chi connectivity index (χ2n) is 6.14. The van der Waals surface area contributed by atoms with Crippen molar-refractivity contribution in [2.75, 3.05) is 5.32 Å². The number of benzene rings is 2. The molecule has 0 aliphatic heterocycles. The number of hydrogen-bond donors (Lipinski definition) is 2. The third-order valence-corrected chi connectivity index (χ3v) is 4.59. The summed E-state index contributed by atoms with van der Waals surface area (Å²) in [4.78, 5) is 23.1. The van der Waals surface area contributed by atoms with Crippen molar-refractivity contribution in [2.45, 2.75) is 28.8 Å². The predicted molar refractivity (Wildman–Crippen MR) is 97.1 cm³/mol. The molecule has 1 atom stereocenters. The molecule has 5 nitrogen and oxygen atoms in total. The number of urea groups is 1. The van der Waals surface area contributed by atoms with Gasteiger partial charge in [-0.15, -0.1) is 0 Å². The Morgan fingerprint density at radius 1 is 0.882 bits per heavy atom. The van der Waals surface area contributed by atoms with E-state index in [9.17, 15) is 53.5 Å². The number of nitrogens with one attached hydrogen (secondary N) is 2. The highest BCUT2D eigenvalue weighted by molar-refractivity contribution is 8.00. The molecular weight excluding hydrogens is 514 g/mol. The van der Waals surface area contributed by atoms with Gasteiger partial charge in [0, 0.05) is 10.6 Å². The number of rotatable bonds is 7. The van der Waals surface area contributed by atoms with Crippen LogP contribution >= 0.6 is 11.8 Å². The summed E-state index contributed by atoms with van der Waals surface area (Å²) in [7, 11) is 0. The van der Waals surface area contributed by atoms with Gasteiger partial charge in [-0.05, 0) is 48.2 Å². The maximum atomic E-state index is 13.7. The Kier molecular flexibility index (Phi) is 8.08. The molecule has 186 valence electrons. The molecule has 2 aromatic carbocycles. The topological polar surface area (TPSA) is 67.4 Å². The minimum absolute atomic E-state index is 0.177. The number of carbonyl (C=O) groups is 2. The normalized spacial score (nSPS) is 13.4. The third-order valence-electron chi connectivity index (χ3n) is 3.63. The molecule has 2 aromatic rings. The smallest absolute Gasteiger partial charge is 0.308 e. The highest BCUT2D eigenvalue weighted by Crippen LogP contribution is 2.45. The molecule has 0 saturated carbocycles. The fourth-order valence-electron chi connectivity index (χ4n) is 2.12. The zero-order valence-corrected chi connectivity index (χ0v) is 16.8. The number of halogens is 10. The van der Waals surface area contributed by atoms with E-state index in [2.05, 4.69) is 4.74 Å². The van der Waals surface area contributed by atoms with E-state index in [1.807, 2.05) is 5.32 Å². The lowest BCUT2D eigenvalue weighted by Crippen LogP contribution is -2.45. The van der Waals surface area contributed by atoms with Crippen LogP contribution in [-0.2, 0) is 4.74 Å². The van der Waals surface area contributed by atoms with E-state index in [0.29, 0.717) is 0 Å². The molecule has 0 aromatic heterocycles. The number of alkyl halides is 8. The fraction of sp³-hybridized carbons (Fsp3) is 0.222. The summed E-state index contributed by atoms with van der Waals surface area (Å²) < 4.78 is 132. The summed E-state index contributed by atoms with van der Waals surface area (Å²) in [6.07, 6.45) is -16.9. The van der Waals surface area contributed by atoms with Crippen LogP contribution in [0.2, 0.25) is 0 Å². The lowest BCUT2D eigenvalue weighted by Gasteiger charge is -2.25. The summed E-state index contributed by atoms with van der Waals surface area (Å²) in [6.45, 7) is 0. The van der Waals surface area contributed by atoms with Gasteiger partial charge in [-0.3, -0.25) is 14.8 Å². The number of thioether (sulfide) groups is 1. The predicted octanol–water partition coefficient (Wildman–Crippen LogP) is 6.08. The van der Waals surface area contributed by atoms with E-state index in [1.165, 1.54) is 0 Å². The first-order valence-electron chi connectivity index (χ1n) is 8.53. The summed E-state index contributed by atoms with van der Waals surface area (Å²) in [5.74, 6) is -3.95. The Morgan fingerprint density at radius 2 is 1.41 bits per heavy atom. The molecule has 34 heavy (non-hydrogen) atoms. The van der Waals surface area contributed by atoms with Crippen molar-refractivity contribution in [1.82, 2.24) is 5.32 Å². The number of anilines is 1. The van der Waals surface area contributed by atoms with E-state index < -0.39 is 69.7 Å². The van der Waals surface area contributed by atoms with Crippen LogP contribution in [-0.4, -0.2) is 35.8 Å². The second-order valence-corrected chi connectivity index (χ2v) is 7.36. The molecule has 0 aliphatic carbocycles. The molecule has 3 amide bonds. The van der Waals surface area contributed by atoms with Gasteiger partial charge in [0.25, 0.3) is 12.3 Å². The molecule has 1 unspecified atom stereocenters. The standard InChI is InChI=1S/C18H10F10N2O3S/c19-10-2-1-3-11(20)12(10)13(31)30-15(32)29-8-4-6-9(7-5-8)34-16(22,23)14(21)33-18(27,28)17(24,25)26/h1-7,14H,(H2,29,30,31,32). The van der Waals surface area contributed by atoms with Gasteiger partial charge in [0.1, 0.15) is 17.2 Å². The van der Waals surface area contributed by atoms with E-state index in [-0.39, 0.29) is 5.69 Å². The maximum Gasteiger partial charge on any atom is 0.483 e. The Labute approximate surface area is 187 Å². The quantitative estimate of drug-likeness (QED) is 0.341. The molecule has 0 saturated heterocycles. The average Bonchev–Trinajstić information content (AvgIpc) is 2.67. The van der Waals surface area contributed by atoms with E-state index in [0.717, 1.165) is 42.5 Å². The van der Waals surface area contributed by atoms with Gasteiger partial charge in [-0.25, -0.2) is 18.0 Å². The van der Waals surface area contributed by atoms with Crippen molar-refractivity contribution in [1.29, 1.82) is 0 Å². The first-order chi connectivity index (χ1) is 15.5. The van der Waals surface area contributed by atoms with Crippen LogP contribution in [0.1, 0.15) is 10.4 Å². The zero-order chi connectivity index (χ0) is 25.9. The summed E-state index contributed by atoms with van der Waals surface area (Å²) in [5, 5.41) is -1.27. The molecule has 0 radical (unpaired) electrons. The SMILES string of the molecule is O=C(NC(=O)c1c(F)cccc1F)Nc1ccc(SC(F)(F)C(F)OC(F)(F)C(F)(F)F)cc1. The summed E-state index contributed by atoms with van der Waals surface area (Å²) in [5.41, 5.74) is -1.23. The monoisotopic (exact) mass is 524 g/mol. The minimum Gasteiger partial charge on any atom is -0.308 e. The van der Waals surface area contributed by atoms with Gasteiger partial charge in [-0.1, -0.05) is 6.07 Å². The highest BCUT2D eigenvalue weighted by atomic mass is 32.2. The number of carbonyl (C=O) groups excluding carboxylic acids is 2. The molecule has 0 aliphatic rings. The van der Waals surface area contributed by atoms with Crippen LogP contribution in [0, 0.1) is 11.6 Å². The van der Waals surface area contributed by atoms with Gasteiger partial charge in [0.15, 0.2) is 0 Å². The van der Waals surface area contributed by atoms with Crippen LogP contribution in [0.5, 0.6) is 0 Å². The number of ether oxygens (including phenoxy) is 1. The van der Waals surface area contributed by atoms with Gasteiger partial charge in [0.2, 0.25) is 0 Å². The van der Waals surface area contributed by atoms with E-state index in [4.69, 9.17) is 0 Å². The van der Waals surface area contributed by atoms with E-state index >= 15 is 0 Å². The van der Waals surface area contributed by atoms with Crippen LogP contribution in [0.15, 0.2) is 47.4 Å². The van der Waals surface area contributed by atoms with Gasteiger partial charge < -0.3 is 5.32 Å². The first-order valence-corrected chi connectivity index (χ1v) is 9.35. The number of hydrogen-bond acceptors (Lipinski definition) is 4. The van der Waals surface area contributed by atoms with Crippen LogP contribution in [0.4, 0.5) is 54.4 Å². The van der Waals surface area contributed by atoms with Crippen molar-refractivity contribution < 1.29 is 58.2 Å². The Balaban J connectivity index is 1.99. The minimum atomic E-state index is -6.43. The fourth-order valence-corrected chi connectivity index (χ4v) is 2.85. The van der Waals surface area contributed by atoms with Crippen molar-refractivity contribution in [3.8, 4) is 0 Å². The van der Waals surface area contributed by atoms with E-state index in [1.54, 1.807) is 5.32 Å². The zero-order valence-electron chi connectivity index (χ0n) is 16.0. The third kappa shape index (κ3) is 6.75. The second kappa shape index (κ2) is 10.1. The van der Waals surface area contributed by atoms with Gasteiger partial charge >= 0.3 is 23.6 Å². The molecule has 2 rings (SSSR count). The van der Waals surface area contributed by atoms with Crippen molar-refractivity contribution >= 4 is 29.4 Å². The molecule has 0 bridgehead atoms. The molecule has 16 heteroatoms. The van der Waals surface area contributed by atoms with Crippen molar-refractivity contribution in [3.63, 3.8) is 0 Å². The Bertz CT molecular complexity index is 1030. The molecule has 0 heterocycles. The van der Waals surface area contributed by atoms with Crippen LogP contribution in [0.25, 0.3) is 0 Å². The first kappa shape index (κ1) is 27.2. The number of amides is 3. The highest BCUT2D eigenvalue weighted by Gasteiger charge is 2.63. The lowest BCUT2D eigenvalue weighted by atomic mass is 10.2. The molecule has 0 spiro atoms. The number of imide groups is 1. The maximum absolute atomic E-state index is 13.7. The van der Waals surface area contributed by atoms with Crippen LogP contribution in [0.3, 0.4) is 0 Å². The summed E-state index contributed by atoms with van der Waals surface area (Å²) >= 11 is -0.756. The largest absolute Gasteiger partial charge is 0.483 e. The summed E-state index contributed by atoms with van der Waals surface area (Å²) in [6, 6.07) is 4.62. The van der Waals surface area contributed by atoms with Gasteiger partial charge in [0.05, 0.1) is 0 Å². The van der Waals surface area contributed by atoms with Crippen molar-refractivity contribution in [2.24, 2.45) is 0 Å². The lowest BCUT2D eigenvalue weighted by molar-refractivity contribution is -0.422.